The summed E-state index contributed by atoms with van der Waals surface area (Å²) in [5.41, 5.74) is 4.89. The highest BCUT2D eigenvalue weighted by molar-refractivity contribution is 5.95. The van der Waals surface area contributed by atoms with Gasteiger partial charge in [0.2, 0.25) is 0 Å². The highest BCUT2D eigenvalue weighted by Crippen LogP contribution is 2.33. The molecule has 1 N–H and O–H groups in total. The van der Waals surface area contributed by atoms with Crippen LogP contribution in [0.1, 0.15) is 23.7 Å². The van der Waals surface area contributed by atoms with Crippen molar-refractivity contribution in [1.82, 2.24) is 4.98 Å². The van der Waals surface area contributed by atoms with Crippen molar-refractivity contribution >= 4 is 16.6 Å². The number of rotatable bonds is 2. The van der Waals surface area contributed by atoms with Crippen molar-refractivity contribution in [2.45, 2.75) is 26.9 Å². The molecule has 19 heavy (non-hydrogen) atoms. The maximum absolute atomic E-state index is 13.7. The number of fused-ring (bicyclic) bond motifs is 2. The van der Waals surface area contributed by atoms with E-state index in [4.69, 9.17) is 9.72 Å². The first-order valence-electron chi connectivity index (χ1n) is 6.64. The van der Waals surface area contributed by atoms with E-state index in [1.165, 1.54) is 6.07 Å². The van der Waals surface area contributed by atoms with E-state index in [0.29, 0.717) is 13.2 Å². The average molecular weight is 260 g/mol. The van der Waals surface area contributed by atoms with Crippen LogP contribution in [0.25, 0.3) is 10.9 Å². The molecule has 0 fully saturated rings. The summed E-state index contributed by atoms with van der Waals surface area (Å²) in [7, 11) is 0. The van der Waals surface area contributed by atoms with E-state index in [-0.39, 0.29) is 5.82 Å². The molecule has 100 valence electrons. The zero-order chi connectivity index (χ0) is 13.4. The summed E-state index contributed by atoms with van der Waals surface area (Å²) in [5, 5.41) is 4.20. The maximum atomic E-state index is 13.7. The predicted octanol–water partition coefficient (Wildman–Crippen LogP) is 3.19. The average Bonchev–Trinajstić information content (AvgIpc) is 2.40. The van der Waals surface area contributed by atoms with Crippen LogP contribution >= 0.6 is 0 Å². The highest BCUT2D eigenvalue weighted by atomic mass is 19.1. The fourth-order valence-electron chi connectivity index (χ4n) is 2.67. The number of pyridine rings is 1. The molecule has 0 radical (unpaired) electrons. The van der Waals surface area contributed by atoms with Crippen LogP contribution < -0.4 is 5.32 Å². The number of aromatic nitrogens is 1. The molecule has 2 heterocycles. The third-order valence-corrected chi connectivity index (χ3v) is 3.51. The van der Waals surface area contributed by atoms with Gasteiger partial charge in [-0.3, -0.25) is 4.98 Å². The summed E-state index contributed by atoms with van der Waals surface area (Å²) in [4.78, 5) is 4.71. The van der Waals surface area contributed by atoms with E-state index >= 15 is 0 Å². The molecule has 2 aromatic rings. The van der Waals surface area contributed by atoms with E-state index < -0.39 is 0 Å². The summed E-state index contributed by atoms with van der Waals surface area (Å²) >= 11 is 0. The zero-order valence-corrected chi connectivity index (χ0v) is 11.2. The first kappa shape index (κ1) is 12.4. The largest absolute Gasteiger partial charge is 0.384 e. The Balaban J connectivity index is 2.35. The van der Waals surface area contributed by atoms with Gasteiger partial charge in [0.15, 0.2) is 0 Å². The van der Waals surface area contributed by atoms with Crippen LogP contribution in [0.15, 0.2) is 12.1 Å². The Morgan fingerprint density at radius 1 is 1.42 bits per heavy atom. The number of benzene rings is 1. The molecule has 3 nitrogen and oxygen atoms in total. The van der Waals surface area contributed by atoms with Gasteiger partial charge in [0.25, 0.3) is 0 Å². The first-order valence-corrected chi connectivity index (χ1v) is 6.64. The minimum Gasteiger partial charge on any atom is -0.384 e. The van der Waals surface area contributed by atoms with Gasteiger partial charge in [0, 0.05) is 23.9 Å². The van der Waals surface area contributed by atoms with Crippen molar-refractivity contribution in [3.63, 3.8) is 0 Å². The molecule has 4 heteroatoms. The quantitative estimate of drug-likeness (QED) is 0.900. The molecule has 1 aromatic carbocycles. The smallest absolute Gasteiger partial charge is 0.124 e. The normalized spacial score (nSPS) is 14.5. The predicted molar refractivity (Wildman–Crippen MR) is 74.0 cm³/mol. The monoisotopic (exact) mass is 260 g/mol. The topological polar surface area (TPSA) is 34.2 Å². The Morgan fingerprint density at radius 3 is 3.05 bits per heavy atom. The van der Waals surface area contributed by atoms with Gasteiger partial charge < -0.3 is 10.1 Å². The lowest BCUT2D eigenvalue weighted by Gasteiger charge is -2.22. The lowest BCUT2D eigenvalue weighted by molar-refractivity contribution is 0.110. The Hall–Kier alpha value is -1.68. The SMILES string of the molecule is CCNc1c2c(nc3c(C)cc(F)cc13)CCOC2. The van der Waals surface area contributed by atoms with Crippen molar-refractivity contribution in [3.05, 3.63) is 34.8 Å². The van der Waals surface area contributed by atoms with Crippen LogP contribution in [-0.4, -0.2) is 18.1 Å². The Morgan fingerprint density at radius 2 is 2.26 bits per heavy atom. The molecule has 0 saturated carbocycles. The number of nitrogens with one attached hydrogen (secondary N) is 1. The van der Waals surface area contributed by atoms with Gasteiger partial charge in [-0.05, 0) is 31.5 Å². The lowest BCUT2D eigenvalue weighted by Crippen LogP contribution is -2.15. The number of hydrogen-bond donors (Lipinski definition) is 1. The second-order valence-electron chi connectivity index (χ2n) is 4.86. The number of nitrogens with zero attached hydrogens (tertiary/aromatic N) is 1. The van der Waals surface area contributed by atoms with Gasteiger partial charge in [-0.1, -0.05) is 0 Å². The van der Waals surface area contributed by atoms with Crippen molar-refractivity contribution in [2.24, 2.45) is 0 Å². The second kappa shape index (κ2) is 4.78. The summed E-state index contributed by atoms with van der Waals surface area (Å²) in [6.45, 7) is 5.99. The van der Waals surface area contributed by atoms with E-state index in [1.54, 1.807) is 6.07 Å². The van der Waals surface area contributed by atoms with Gasteiger partial charge in [0.05, 0.1) is 30.1 Å². The Kier molecular flexibility index (Phi) is 3.11. The molecule has 0 spiro atoms. The van der Waals surface area contributed by atoms with Gasteiger partial charge in [-0.15, -0.1) is 0 Å². The molecular weight excluding hydrogens is 243 g/mol. The van der Waals surface area contributed by atoms with Crippen molar-refractivity contribution in [3.8, 4) is 0 Å². The zero-order valence-electron chi connectivity index (χ0n) is 11.2. The van der Waals surface area contributed by atoms with Crippen molar-refractivity contribution in [2.75, 3.05) is 18.5 Å². The standard InChI is InChI=1S/C15H17FN2O/c1-3-17-15-11-7-10(16)6-9(2)14(11)18-13-4-5-19-8-12(13)15/h6-7H,3-5,8H2,1-2H3,(H,17,18). The van der Waals surface area contributed by atoms with Crippen molar-refractivity contribution in [1.29, 1.82) is 0 Å². The van der Waals surface area contributed by atoms with Gasteiger partial charge in [-0.2, -0.15) is 0 Å². The van der Waals surface area contributed by atoms with Gasteiger partial charge in [-0.25, -0.2) is 4.39 Å². The third-order valence-electron chi connectivity index (χ3n) is 3.51. The van der Waals surface area contributed by atoms with Crippen LogP contribution in [0.3, 0.4) is 0 Å². The van der Waals surface area contributed by atoms with Crippen molar-refractivity contribution < 1.29 is 9.13 Å². The molecule has 3 rings (SSSR count). The molecule has 1 aromatic heterocycles. The Bertz CT molecular complexity index is 640. The lowest BCUT2D eigenvalue weighted by atomic mass is 10.0. The molecule has 0 amide bonds. The van der Waals surface area contributed by atoms with E-state index in [9.17, 15) is 4.39 Å². The van der Waals surface area contributed by atoms with Crippen LogP contribution in [0.5, 0.6) is 0 Å². The third kappa shape index (κ3) is 2.06. The van der Waals surface area contributed by atoms with E-state index in [2.05, 4.69) is 5.32 Å². The molecule has 0 aliphatic carbocycles. The fourth-order valence-corrected chi connectivity index (χ4v) is 2.67. The molecule has 0 unspecified atom stereocenters. The number of ether oxygens (including phenoxy) is 1. The summed E-state index contributed by atoms with van der Waals surface area (Å²) < 4.78 is 19.2. The summed E-state index contributed by atoms with van der Waals surface area (Å²) in [6, 6.07) is 3.10. The molecular formula is C15H17FN2O. The van der Waals surface area contributed by atoms with Crippen LogP contribution in [0, 0.1) is 12.7 Å². The molecule has 0 bridgehead atoms. The molecule has 1 aliphatic rings. The van der Waals surface area contributed by atoms with Gasteiger partial charge >= 0.3 is 0 Å². The maximum Gasteiger partial charge on any atom is 0.124 e. The molecule has 0 saturated heterocycles. The summed E-state index contributed by atoms with van der Waals surface area (Å²) in [6.07, 6.45) is 0.820. The van der Waals surface area contributed by atoms with E-state index in [0.717, 1.165) is 46.4 Å². The molecule has 0 atom stereocenters. The number of hydrogen-bond acceptors (Lipinski definition) is 3. The van der Waals surface area contributed by atoms with E-state index in [1.807, 2.05) is 13.8 Å². The molecule has 1 aliphatic heterocycles. The number of halogens is 1. The van der Waals surface area contributed by atoms with Gasteiger partial charge in [0.1, 0.15) is 5.82 Å². The fraction of sp³-hybridized carbons (Fsp3) is 0.400. The van der Waals surface area contributed by atoms with Crippen LogP contribution in [-0.2, 0) is 17.8 Å². The Labute approximate surface area is 111 Å². The summed E-state index contributed by atoms with van der Waals surface area (Å²) in [5.74, 6) is -0.220. The number of anilines is 1. The minimum atomic E-state index is -0.220. The number of aryl methyl sites for hydroxylation is 1. The highest BCUT2D eigenvalue weighted by Gasteiger charge is 2.19. The second-order valence-corrected chi connectivity index (χ2v) is 4.86. The van der Waals surface area contributed by atoms with Crippen LogP contribution in [0.4, 0.5) is 10.1 Å². The van der Waals surface area contributed by atoms with Crippen LogP contribution in [0.2, 0.25) is 0 Å². The minimum absolute atomic E-state index is 0.220. The first-order chi connectivity index (χ1) is 9.20.